The highest BCUT2D eigenvalue weighted by molar-refractivity contribution is 5.72. The van der Waals surface area contributed by atoms with Crippen molar-refractivity contribution in [1.29, 1.82) is 0 Å². The van der Waals surface area contributed by atoms with Crippen LogP contribution in [0.5, 0.6) is 0 Å². The van der Waals surface area contributed by atoms with Gasteiger partial charge < -0.3 is 9.84 Å². The second-order valence-electron chi connectivity index (χ2n) is 5.91. The summed E-state index contributed by atoms with van der Waals surface area (Å²) in [4.78, 5) is 13.6. The Morgan fingerprint density at radius 3 is 2.47 bits per heavy atom. The highest BCUT2D eigenvalue weighted by atomic mass is 16.6. The largest absolute Gasteiger partial charge is 0.444 e. The summed E-state index contributed by atoms with van der Waals surface area (Å²) >= 11 is 0. The second kappa shape index (κ2) is 2.48. The van der Waals surface area contributed by atoms with Crippen molar-refractivity contribution in [2.75, 3.05) is 0 Å². The predicted octanol–water partition coefficient (Wildman–Crippen LogP) is 0.985. The summed E-state index contributed by atoms with van der Waals surface area (Å²) in [6.45, 7) is 5.60. The first-order valence-electron chi connectivity index (χ1n) is 5.59. The van der Waals surface area contributed by atoms with Gasteiger partial charge in [0, 0.05) is 12.0 Å². The Bertz CT molecular complexity index is 322. The molecule has 2 aliphatic heterocycles. The Balaban J connectivity index is 1.73. The normalized spacial score (nSPS) is 45.9. The van der Waals surface area contributed by atoms with Crippen molar-refractivity contribution in [3.63, 3.8) is 0 Å². The van der Waals surface area contributed by atoms with E-state index in [4.69, 9.17) is 4.74 Å². The van der Waals surface area contributed by atoms with Crippen LogP contribution < -0.4 is 0 Å². The molecule has 1 N–H and O–H groups in total. The van der Waals surface area contributed by atoms with Gasteiger partial charge in [0.1, 0.15) is 5.60 Å². The molecule has 2 saturated heterocycles. The van der Waals surface area contributed by atoms with Gasteiger partial charge in [-0.2, -0.15) is 0 Å². The summed E-state index contributed by atoms with van der Waals surface area (Å²) in [5.41, 5.74) is -0.445. The summed E-state index contributed by atoms with van der Waals surface area (Å²) in [7, 11) is 0. The summed E-state index contributed by atoms with van der Waals surface area (Å²) in [6.07, 6.45) is 0.419. The fraction of sp³-hybridized carbons (Fsp3) is 0.909. The predicted molar refractivity (Wildman–Crippen MR) is 53.3 cm³/mol. The van der Waals surface area contributed by atoms with Crippen LogP contribution >= 0.6 is 0 Å². The molecule has 2 saturated carbocycles. The number of hydrogen-bond donors (Lipinski definition) is 1. The number of hydrogen-bond acceptors (Lipinski definition) is 3. The van der Waals surface area contributed by atoms with Crippen molar-refractivity contribution >= 4 is 6.09 Å². The molecule has 2 heterocycles. The molecule has 15 heavy (non-hydrogen) atoms. The molecule has 0 spiro atoms. The van der Waals surface area contributed by atoms with Gasteiger partial charge in [0.15, 0.2) is 0 Å². The van der Waals surface area contributed by atoms with Crippen LogP contribution in [0.15, 0.2) is 0 Å². The van der Waals surface area contributed by atoms with E-state index >= 15 is 0 Å². The number of carbonyl (C=O) groups excluding carboxylic acids is 1. The first kappa shape index (κ1) is 9.46. The molecule has 4 rings (SSSR count). The van der Waals surface area contributed by atoms with E-state index in [9.17, 15) is 9.90 Å². The maximum atomic E-state index is 11.9. The van der Waals surface area contributed by atoms with Gasteiger partial charge in [-0.25, -0.2) is 4.79 Å². The van der Waals surface area contributed by atoms with Crippen LogP contribution in [0.25, 0.3) is 0 Å². The van der Waals surface area contributed by atoms with E-state index in [0.29, 0.717) is 11.8 Å². The minimum absolute atomic E-state index is 0.0276. The molecule has 0 aromatic heterocycles. The molecule has 2 aliphatic carbocycles. The summed E-state index contributed by atoms with van der Waals surface area (Å²) < 4.78 is 5.34. The average Bonchev–Trinajstić information content (AvgIpc) is 2.41. The molecule has 0 aromatic carbocycles. The minimum Gasteiger partial charge on any atom is -0.444 e. The summed E-state index contributed by atoms with van der Waals surface area (Å²) in [6, 6.07) is 0.305. The summed E-state index contributed by atoms with van der Waals surface area (Å²) in [5, 5.41) is 9.82. The second-order valence-corrected chi connectivity index (χ2v) is 5.91. The van der Waals surface area contributed by atoms with Crippen LogP contribution in [0.1, 0.15) is 27.2 Å². The maximum absolute atomic E-state index is 11.9. The number of aliphatic hydroxyl groups excluding tert-OH is 1. The molecule has 4 fully saturated rings. The molecule has 4 aliphatic rings. The van der Waals surface area contributed by atoms with Crippen molar-refractivity contribution in [3.05, 3.63) is 0 Å². The molecule has 0 radical (unpaired) electrons. The van der Waals surface area contributed by atoms with Gasteiger partial charge in [0.05, 0.1) is 12.1 Å². The maximum Gasteiger partial charge on any atom is 0.410 e. The lowest BCUT2D eigenvalue weighted by Crippen LogP contribution is -2.41. The number of carbonyl (C=O) groups is 1. The highest BCUT2D eigenvalue weighted by Gasteiger charge is 2.74. The lowest BCUT2D eigenvalue weighted by molar-refractivity contribution is 0.0163. The number of nitrogens with zero attached hydrogens (tertiary/aromatic N) is 1. The zero-order chi connectivity index (χ0) is 11.0. The quantitative estimate of drug-likeness (QED) is 0.650. The van der Waals surface area contributed by atoms with E-state index in [1.54, 1.807) is 4.90 Å². The van der Waals surface area contributed by atoms with Gasteiger partial charge in [-0.05, 0) is 33.1 Å². The van der Waals surface area contributed by atoms with Crippen molar-refractivity contribution in [2.45, 2.75) is 51.0 Å². The topological polar surface area (TPSA) is 49.8 Å². The molecular weight excluding hydrogens is 194 g/mol. The lowest BCUT2D eigenvalue weighted by Gasteiger charge is -2.27. The van der Waals surface area contributed by atoms with Gasteiger partial charge in [-0.3, -0.25) is 4.90 Å². The molecular formula is C11H17NO3. The van der Waals surface area contributed by atoms with Crippen LogP contribution in [0.3, 0.4) is 0 Å². The molecule has 4 heteroatoms. The van der Waals surface area contributed by atoms with Crippen LogP contribution in [-0.2, 0) is 4.74 Å². The molecule has 84 valence electrons. The van der Waals surface area contributed by atoms with E-state index in [1.807, 2.05) is 20.8 Å². The minimum atomic E-state index is -0.445. The van der Waals surface area contributed by atoms with Gasteiger partial charge in [-0.1, -0.05) is 0 Å². The van der Waals surface area contributed by atoms with Gasteiger partial charge in [-0.15, -0.1) is 0 Å². The lowest BCUT2D eigenvalue weighted by atomic mass is 10.2. The standard InChI is InChI=1S/C11H17NO3/c1-11(2,3)15-10(14)12-6-4-5-7(8(5)12)9(6)13/h5-9,13H,4H2,1-3H3/t5-,6+,7+,8-,9+/m1/s1. The van der Waals surface area contributed by atoms with E-state index in [-0.39, 0.29) is 24.3 Å². The molecule has 4 bridgehead atoms. The number of amides is 1. The Labute approximate surface area is 89.2 Å². The molecule has 4 nitrogen and oxygen atoms in total. The summed E-state index contributed by atoms with van der Waals surface area (Å²) in [5.74, 6) is 0.903. The van der Waals surface area contributed by atoms with E-state index in [0.717, 1.165) is 6.42 Å². The fourth-order valence-corrected chi connectivity index (χ4v) is 3.27. The molecule has 5 atom stereocenters. The van der Waals surface area contributed by atoms with E-state index in [1.165, 1.54) is 0 Å². The fourth-order valence-electron chi connectivity index (χ4n) is 3.27. The van der Waals surface area contributed by atoms with Crippen LogP contribution in [0, 0.1) is 11.8 Å². The van der Waals surface area contributed by atoms with E-state index < -0.39 is 5.60 Å². The third-order valence-electron chi connectivity index (χ3n) is 3.77. The van der Waals surface area contributed by atoms with Crippen molar-refractivity contribution in [2.24, 2.45) is 11.8 Å². The van der Waals surface area contributed by atoms with Crippen LogP contribution in [0.2, 0.25) is 0 Å². The van der Waals surface area contributed by atoms with Crippen molar-refractivity contribution in [1.82, 2.24) is 4.90 Å². The highest BCUT2D eigenvalue weighted by Crippen LogP contribution is 2.64. The van der Waals surface area contributed by atoms with Gasteiger partial charge in [0.2, 0.25) is 0 Å². The Hall–Kier alpha value is -0.770. The zero-order valence-corrected chi connectivity index (χ0v) is 9.30. The van der Waals surface area contributed by atoms with E-state index in [2.05, 4.69) is 0 Å². The number of ether oxygens (including phenoxy) is 1. The Morgan fingerprint density at radius 2 is 2.13 bits per heavy atom. The number of aliphatic hydroxyl groups is 1. The smallest absolute Gasteiger partial charge is 0.410 e. The first-order chi connectivity index (χ1) is 6.90. The molecule has 1 amide bonds. The monoisotopic (exact) mass is 211 g/mol. The third kappa shape index (κ3) is 1.14. The zero-order valence-electron chi connectivity index (χ0n) is 9.30. The van der Waals surface area contributed by atoms with Gasteiger partial charge >= 0.3 is 6.09 Å². The number of piperidine rings is 2. The van der Waals surface area contributed by atoms with Crippen LogP contribution in [0.4, 0.5) is 4.79 Å². The first-order valence-corrected chi connectivity index (χ1v) is 5.59. The van der Waals surface area contributed by atoms with Crippen molar-refractivity contribution in [3.8, 4) is 0 Å². The SMILES string of the molecule is CC(C)(C)OC(=O)N1[C@@H]2[C@@H]3C[C@H]1[C@H](O)[C@@H]32. The van der Waals surface area contributed by atoms with Crippen molar-refractivity contribution < 1.29 is 14.6 Å². The number of rotatable bonds is 0. The average molecular weight is 211 g/mol. The molecule has 0 aromatic rings. The molecule has 0 unspecified atom stereocenters. The van der Waals surface area contributed by atoms with Gasteiger partial charge in [0.25, 0.3) is 0 Å². The Morgan fingerprint density at radius 1 is 1.47 bits per heavy atom. The third-order valence-corrected chi connectivity index (χ3v) is 3.77. The Kier molecular flexibility index (Phi) is 1.57. The van der Waals surface area contributed by atoms with Crippen LogP contribution in [-0.4, -0.2) is 39.9 Å².